The van der Waals surface area contributed by atoms with Crippen molar-refractivity contribution in [1.82, 2.24) is 4.90 Å². The lowest BCUT2D eigenvalue weighted by Crippen LogP contribution is -2.62. The number of halogens is 1. The molecule has 26 heavy (non-hydrogen) atoms. The van der Waals surface area contributed by atoms with E-state index in [0.717, 1.165) is 44.5 Å². The summed E-state index contributed by atoms with van der Waals surface area (Å²) < 4.78 is 18.8. The second-order valence-electron chi connectivity index (χ2n) is 7.37. The summed E-state index contributed by atoms with van der Waals surface area (Å²) in [7, 11) is 0. The molecular weight excluding hydrogens is 333 g/mol. The van der Waals surface area contributed by atoms with Gasteiger partial charge in [0, 0.05) is 19.0 Å². The van der Waals surface area contributed by atoms with Gasteiger partial charge in [-0.05, 0) is 63.3 Å². The van der Waals surface area contributed by atoms with Crippen LogP contribution in [-0.4, -0.2) is 41.9 Å². The lowest BCUT2D eigenvalue weighted by atomic mass is 9.75. The molecule has 2 aliphatic heterocycles. The predicted octanol–water partition coefficient (Wildman–Crippen LogP) is 3.55. The van der Waals surface area contributed by atoms with E-state index >= 15 is 0 Å². The minimum absolute atomic E-state index is 0.0402. The van der Waals surface area contributed by atoms with Gasteiger partial charge in [-0.3, -0.25) is 4.90 Å². The summed E-state index contributed by atoms with van der Waals surface area (Å²) in [4.78, 5) is 15.1. The van der Waals surface area contributed by atoms with Gasteiger partial charge in [0.05, 0.1) is 12.3 Å². The molecule has 6 heteroatoms. The molecule has 0 radical (unpaired) electrons. The van der Waals surface area contributed by atoms with Gasteiger partial charge >= 0.3 is 5.97 Å². The lowest BCUT2D eigenvalue weighted by Gasteiger charge is -2.50. The Bertz CT molecular complexity index is 700. The molecule has 1 saturated heterocycles. The third-order valence-electron chi connectivity index (χ3n) is 5.96. The first-order valence-corrected chi connectivity index (χ1v) is 9.73. The standard InChI is InChI=1S/C20H26FN3O2/c1-2-26-19(25)18-17-7-3-4-12-20(17,23-13-5-6-14-23)24(22-18)16-10-8-15(21)9-11-16/h8-11,17H,2-7,12-14H2,1H3. The molecule has 2 unspecified atom stereocenters. The number of carbonyl (C=O) groups excluding carboxylic acids is 1. The number of nitrogens with zero attached hydrogens (tertiary/aromatic N) is 3. The quantitative estimate of drug-likeness (QED) is 0.772. The van der Waals surface area contributed by atoms with Crippen LogP contribution >= 0.6 is 0 Å². The van der Waals surface area contributed by atoms with Crippen molar-refractivity contribution in [3.05, 3.63) is 30.1 Å². The van der Waals surface area contributed by atoms with E-state index in [4.69, 9.17) is 9.84 Å². The number of anilines is 1. The summed E-state index contributed by atoms with van der Waals surface area (Å²) in [5.74, 6) is -0.538. The molecule has 2 heterocycles. The highest BCUT2D eigenvalue weighted by atomic mass is 19.1. The zero-order valence-electron chi connectivity index (χ0n) is 15.3. The van der Waals surface area contributed by atoms with Crippen molar-refractivity contribution in [2.45, 2.75) is 51.1 Å². The van der Waals surface area contributed by atoms with Crippen molar-refractivity contribution in [3.8, 4) is 0 Å². The van der Waals surface area contributed by atoms with Crippen molar-refractivity contribution in [2.24, 2.45) is 11.0 Å². The van der Waals surface area contributed by atoms with Crippen molar-refractivity contribution in [2.75, 3.05) is 24.7 Å². The molecule has 0 bridgehead atoms. The van der Waals surface area contributed by atoms with Crippen molar-refractivity contribution in [3.63, 3.8) is 0 Å². The summed E-state index contributed by atoms with van der Waals surface area (Å²) in [6, 6.07) is 6.44. The third kappa shape index (κ3) is 2.71. The van der Waals surface area contributed by atoms with Crippen LogP contribution in [0.15, 0.2) is 29.4 Å². The molecule has 1 aromatic rings. The minimum atomic E-state index is -0.325. The minimum Gasteiger partial charge on any atom is -0.461 e. The smallest absolute Gasteiger partial charge is 0.354 e. The summed E-state index contributed by atoms with van der Waals surface area (Å²) in [6.45, 7) is 4.19. The lowest BCUT2D eigenvalue weighted by molar-refractivity contribution is -0.135. The summed E-state index contributed by atoms with van der Waals surface area (Å²) in [5, 5.41) is 6.77. The Kier molecular flexibility index (Phi) is 4.69. The number of carbonyl (C=O) groups is 1. The van der Waals surface area contributed by atoms with Gasteiger partial charge in [-0.1, -0.05) is 6.42 Å². The Morgan fingerprint density at radius 2 is 1.96 bits per heavy atom. The van der Waals surface area contributed by atoms with Gasteiger partial charge < -0.3 is 4.74 Å². The van der Waals surface area contributed by atoms with Crippen LogP contribution in [0.5, 0.6) is 0 Å². The molecule has 0 spiro atoms. The van der Waals surface area contributed by atoms with E-state index in [9.17, 15) is 9.18 Å². The van der Waals surface area contributed by atoms with Gasteiger partial charge in [0.15, 0.2) is 5.71 Å². The van der Waals surface area contributed by atoms with Crippen molar-refractivity contribution >= 4 is 17.4 Å². The van der Waals surface area contributed by atoms with E-state index < -0.39 is 0 Å². The van der Waals surface area contributed by atoms with Gasteiger partial charge in [-0.2, -0.15) is 5.10 Å². The average molecular weight is 359 g/mol. The highest BCUT2D eigenvalue weighted by molar-refractivity contribution is 6.38. The number of benzene rings is 1. The zero-order chi connectivity index (χ0) is 18.1. The molecule has 0 N–H and O–H groups in total. The van der Waals surface area contributed by atoms with E-state index in [-0.39, 0.29) is 23.4 Å². The summed E-state index contributed by atoms with van der Waals surface area (Å²) >= 11 is 0. The van der Waals surface area contributed by atoms with E-state index in [1.165, 1.54) is 25.0 Å². The summed E-state index contributed by atoms with van der Waals surface area (Å²) in [6.07, 6.45) is 6.43. The number of hydrogen-bond acceptors (Lipinski definition) is 5. The number of fused-ring (bicyclic) bond motifs is 1. The Morgan fingerprint density at radius 3 is 2.65 bits per heavy atom. The van der Waals surface area contributed by atoms with Gasteiger partial charge in [0.25, 0.3) is 0 Å². The molecule has 1 saturated carbocycles. The van der Waals surface area contributed by atoms with Crippen LogP contribution in [0, 0.1) is 11.7 Å². The van der Waals surface area contributed by atoms with E-state index in [0.29, 0.717) is 12.3 Å². The maximum atomic E-state index is 13.5. The van der Waals surface area contributed by atoms with E-state index in [1.807, 2.05) is 11.9 Å². The van der Waals surface area contributed by atoms with Gasteiger partial charge in [-0.25, -0.2) is 14.2 Å². The Hall–Kier alpha value is -1.95. The molecule has 2 fully saturated rings. The van der Waals surface area contributed by atoms with Crippen molar-refractivity contribution in [1.29, 1.82) is 0 Å². The molecule has 1 aliphatic carbocycles. The first kappa shape index (κ1) is 17.5. The number of likely N-dealkylation sites (tertiary alicyclic amines) is 1. The second-order valence-corrected chi connectivity index (χ2v) is 7.37. The highest BCUT2D eigenvalue weighted by Gasteiger charge is 2.58. The van der Waals surface area contributed by atoms with Gasteiger partial charge in [0.2, 0.25) is 0 Å². The summed E-state index contributed by atoms with van der Waals surface area (Å²) in [5.41, 5.74) is 1.04. The van der Waals surface area contributed by atoms with Crippen LogP contribution in [0.1, 0.15) is 45.4 Å². The number of ether oxygens (including phenoxy) is 1. The number of hydrazone groups is 1. The fraction of sp³-hybridized carbons (Fsp3) is 0.600. The third-order valence-corrected chi connectivity index (χ3v) is 5.96. The Morgan fingerprint density at radius 1 is 1.23 bits per heavy atom. The predicted molar refractivity (Wildman–Crippen MR) is 98.4 cm³/mol. The largest absolute Gasteiger partial charge is 0.461 e. The zero-order valence-corrected chi connectivity index (χ0v) is 15.3. The SMILES string of the molecule is CCOC(=O)C1=NN(c2ccc(F)cc2)C2(N3CCCC3)CCCCC12. The molecule has 3 aliphatic rings. The van der Waals surface area contributed by atoms with Crippen LogP contribution in [0.25, 0.3) is 0 Å². The normalized spacial score (nSPS) is 28.8. The van der Waals surface area contributed by atoms with Crippen LogP contribution < -0.4 is 5.01 Å². The monoisotopic (exact) mass is 359 g/mol. The van der Waals surface area contributed by atoms with E-state index in [2.05, 4.69) is 4.90 Å². The van der Waals surface area contributed by atoms with Gasteiger partial charge in [0.1, 0.15) is 11.5 Å². The highest BCUT2D eigenvalue weighted by Crippen LogP contribution is 2.49. The Balaban J connectivity index is 1.80. The number of hydrogen-bond donors (Lipinski definition) is 0. The van der Waals surface area contributed by atoms with Crippen LogP contribution in [0.4, 0.5) is 10.1 Å². The number of esters is 1. The number of rotatable bonds is 4. The molecule has 0 aromatic heterocycles. The first-order chi connectivity index (χ1) is 12.7. The first-order valence-electron chi connectivity index (χ1n) is 9.73. The topological polar surface area (TPSA) is 45.1 Å². The molecular formula is C20H26FN3O2. The molecule has 140 valence electrons. The molecule has 1 aromatic carbocycles. The molecule has 2 atom stereocenters. The van der Waals surface area contributed by atoms with E-state index in [1.54, 1.807) is 12.1 Å². The molecule has 4 rings (SSSR count). The average Bonchev–Trinajstić information content (AvgIpc) is 3.29. The molecule has 5 nitrogen and oxygen atoms in total. The van der Waals surface area contributed by atoms with Crippen LogP contribution in [0.3, 0.4) is 0 Å². The van der Waals surface area contributed by atoms with Crippen LogP contribution in [-0.2, 0) is 9.53 Å². The second kappa shape index (κ2) is 6.99. The maximum absolute atomic E-state index is 13.5. The van der Waals surface area contributed by atoms with Crippen LogP contribution in [0.2, 0.25) is 0 Å². The fourth-order valence-corrected chi connectivity index (χ4v) is 4.88. The van der Waals surface area contributed by atoms with Crippen molar-refractivity contribution < 1.29 is 13.9 Å². The fourth-order valence-electron chi connectivity index (χ4n) is 4.88. The van der Waals surface area contributed by atoms with Gasteiger partial charge in [-0.15, -0.1) is 0 Å². The Labute approximate surface area is 153 Å². The maximum Gasteiger partial charge on any atom is 0.354 e. The molecule has 0 amide bonds.